The van der Waals surface area contributed by atoms with E-state index in [1.807, 2.05) is 38.2 Å². The van der Waals surface area contributed by atoms with Crippen molar-refractivity contribution in [2.75, 3.05) is 17.2 Å². The molecule has 4 rings (SSSR count). The molecule has 0 saturated heterocycles. The summed E-state index contributed by atoms with van der Waals surface area (Å²) in [5.74, 6) is 0.591. The number of aliphatic hydroxyl groups excluding tert-OH is 1. The van der Waals surface area contributed by atoms with Gasteiger partial charge in [-0.05, 0) is 45.1 Å². The Balaban J connectivity index is 0.00000158. The second kappa shape index (κ2) is 11.3. The average Bonchev–Trinajstić information content (AvgIpc) is 3.35. The topological polar surface area (TPSA) is 83.0 Å². The van der Waals surface area contributed by atoms with Gasteiger partial charge in [-0.2, -0.15) is 18.2 Å². The van der Waals surface area contributed by atoms with Crippen molar-refractivity contribution >= 4 is 29.2 Å². The smallest absolute Gasteiger partial charge is 0.393 e. The molecule has 1 saturated carbocycles. The van der Waals surface area contributed by atoms with E-state index < -0.39 is 18.8 Å². The summed E-state index contributed by atoms with van der Waals surface area (Å²) in [6.07, 6.45) is 6.45. The van der Waals surface area contributed by atoms with Crippen molar-refractivity contribution in [2.45, 2.75) is 71.7 Å². The van der Waals surface area contributed by atoms with Gasteiger partial charge in [-0.3, -0.25) is 0 Å². The molecular formula is C24H32F3N5OS. The summed E-state index contributed by atoms with van der Waals surface area (Å²) in [7, 11) is 0. The third kappa shape index (κ3) is 6.56. The number of allylic oxidation sites excluding steroid dienone is 3. The Kier molecular flexibility index (Phi) is 8.70. The van der Waals surface area contributed by atoms with Crippen LogP contribution in [0, 0.1) is 12.8 Å². The number of hydrogen-bond acceptors (Lipinski definition) is 7. The minimum atomic E-state index is -4.37. The highest BCUT2D eigenvalue weighted by Gasteiger charge is 2.30. The Morgan fingerprint density at radius 1 is 1.18 bits per heavy atom. The molecule has 0 bridgehead atoms. The molecule has 0 radical (unpaired) electrons. The summed E-state index contributed by atoms with van der Waals surface area (Å²) in [5.41, 5.74) is 2.22. The summed E-state index contributed by atoms with van der Waals surface area (Å²) in [5, 5.41) is 16.4. The van der Waals surface area contributed by atoms with E-state index in [9.17, 15) is 18.3 Å². The number of alkyl halides is 3. The van der Waals surface area contributed by atoms with Gasteiger partial charge in [0.05, 0.1) is 27.9 Å². The number of aryl methyl sites for hydroxylation is 1. The van der Waals surface area contributed by atoms with E-state index in [-0.39, 0.29) is 17.9 Å². The SMILES string of the molecule is CC.Cc1nc(NCC(F)(F)F)nc(NC2CCC(C(C)O)C2)c1-c1nc2c(s1)C=CC=CC2. The highest BCUT2D eigenvalue weighted by Crippen LogP contribution is 2.38. The standard InChI is InChI=1S/C22H26F3N5OS.C2H6/c1-12-18(20-29-16-6-4-3-5-7-17(16)32-20)19(28-15-9-8-14(10-15)13(2)31)30-21(27-12)26-11-22(23,24)25;1-2/h3-5,7,13-15,31H,6,8-11H2,1-2H3,(H2,26,27,28,30);1-2H3. The monoisotopic (exact) mass is 495 g/mol. The highest BCUT2D eigenvalue weighted by molar-refractivity contribution is 7.16. The van der Waals surface area contributed by atoms with E-state index >= 15 is 0 Å². The van der Waals surface area contributed by atoms with Crippen LogP contribution < -0.4 is 10.6 Å². The number of nitrogens with one attached hydrogen (secondary N) is 2. The molecule has 3 unspecified atom stereocenters. The number of anilines is 2. The van der Waals surface area contributed by atoms with Gasteiger partial charge in [-0.25, -0.2) is 9.97 Å². The third-order valence-electron chi connectivity index (χ3n) is 5.78. The number of rotatable bonds is 6. The molecule has 186 valence electrons. The first-order valence-electron chi connectivity index (χ1n) is 11.7. The molecule has 0 aromatic carbocycles. The number of thiazole rings is 1. The number of halogens is 3. The molecule has 6 nitrogen and oxygen atoms in total. The molecule has 0 aliphatic heterocycles. The second-order valence-electron chi connectivity index (χ2n) is 8.30. The fourth-order valence-corrected chi connectivity index (χ4v) is 5.22. The molecule has 0 amide bonds. The van der Waals surface area contributed by atoms with E-state index in [1.54, 1.807) is 13.8 Å². The van der Waals surface area contributed by atoms with E-state index in [2.05, 4.69) is 20.6 Å². The maximum absolute atomic E-state index is 12.7. The van der Waals surface area contributed by atoms with Gasteiger partial charge in [0, 0.05) is 12.5 Å². The molecule has 2 aromatic rings. The molecule has 2 aliphatic rings. The van der Waals surface area contributed by atoms with Gasteiger partial charge in [0.25, 0.3) is 0 Å². The zero-order valence-corrected chi connectivity index (χ0v) is 20.7. The third-order valence-corrected chi connectivity index (χ3v) is 6.86. The Morgan fingerprint density at radius 2 is 1.94 bits per heavy atom. The van der Waals surface area contributed by atoms with Gasteiger partial charge in [0.2, 0.25) is 5.95 Å². The lowest BCUT2D eigenvalue weighted by atomic mass is 10.0. The van der Waals surface area contributed by atoms with E-state index in [0.29, 0.717) is 23.5 Å². The number of hydrogen-bond donors (Lipinski definition) is 3. The summed E-state index contributed by atoms with van der Waals surface area (Å²) < 4.78 is 38.2. The van der Waals surface area contributed by atoms with E-state index in [1.165, 1.54) is 11.3 Å². The molecule has 3 atom stereocenters. The predicted molar refractivity (Wildman–Crippen MR) is 132 cm³/mol. The normalized spacial score (nSPS) is 20.2. The molecule has 1 fully saturated rings. The lowest BCUT2D eigenvalue weighted by molar-refractivity contribution is -0.115. The zero-order valence-electron chi connectivity index (χ0n) is 19.9. The zero-order chi connectivity index (χ0) is 24.9. The van der Waals surface area contributed by atoms with Crippen LogP contribution in [0.5, 0.6) is 0 Å². The van der Waals surface area contributed by atoms with Crippen LogP contribution in [0.3, 0.4) is 0 Å². The van der Waals surface area contributed by atoms with Crippen molar-refractivity contribution in [3.05, 3.63) is 34.5 Å². The quantitative estimate of drug-likeness (QED) is 0.456. The fraction of sp³-hybridized carbons (Fsp3) is 0.542. The van der Waals surface area contributed by atoms with Crippen LogP contribution in [0.25, 0.3) is 16.6 Å². The van der Waals surface area contributed by atoms with Gasteiger partial charge >= 0.3 is 6.18 Å². The lowest BCUT2D eigenvalue weighted by Crippen LogP contribution is -2.24. The number of fused-ring (bicyclic) bond motifs is 1. The number of nitrogens with zero attached hydrogens (tertiary/aromatic N) is 3. The van der Waals surface area contributed by atoms with Crippen LogP contribution in [0.2, 0.25) is 0 Å². The van der Waals surface area contributed by atoms with Crippen molar-refractivity contribution in [2.24, 2.45) is 5.92 Å². The number of aliphatic hydroxyl groups is 1. The maximum atomic E-state index is 12.7. The minimum absolute atomic E-state index is 0.0683. The van der Waals surface area contributed by atoms with Crippen molar-refractivity contribution < 1.29 is 18.3 Å². The van der Waals surface area contributed by atoms with Crippen molar-refractivity contribution in [3.63, 3.8) is 0 Å². The van der Waals surface area contributed by atoms with Gasteiger partial charge in [0.15, 0.2) is 0 Å². The van der Waals surface area contributed by atoms with E-state index in [4.69, 9.17) is 4.98 Å². The molecule has 2 aliphatic carbocycles. The summed E-state index contributed by atoms with van der Waals surface area (Å²) in [4.78, 5) is 14.5. The van der Waals surface area contributed by atoms with E-state index in [0.717, 1.165) is 34.8 Å². The van der Waals surface area contributed by atoms with Gasteiger partial charge in [0.1, 0.15) is 17.4 Å². The van der Waals surface area contributed by atoms with Crippen LogP contribution in [-0.4, -0.2) is 44.9 Å². The molecular weight excluding hydrogens is 463 g/mol. The highest BCUT2D eigenvalue weighted by atomic mass is 32.1. The van der Waals surface area contributed by atoms with Crippen LogP contribution in [0.15, 0.2) is 18.2 Å². The largest absolute Gasteiger partial charge is 0.405 e. The Labute approximate surface area is 202 Å². The molecule has 2 aromatic heterocycles. The van der Waals surface area contributed by atoms with Crippen LogP contribution in [0.1, 0.15) is 56.3 Å². The molecule has 2 heterocycles. The number of aromatic nitrogens is 3. The lowest BCUT2D eigenvalue weighted by Gasteiger charge is -2.19. The summed E-state index contributed by atoms with van der Waals surface area (Å²) >= 11 is 1.52. The summed E-state index contributed by atoms with van der Waals surface area (Å²) in [6.45, 7) is 6.34. The van der Waals surface area contributed by atoms with Crippen molar-refractivity contribution in [1.82, 2.24) is 15.0 Å². The van der Waals surface area contributed by atoms with Gasteiger partial charge in [-0.15, -0.1) is 11.3 Å². The Morgan fingerprint density at radius 3 is 2.62 bits per heavy atom. The van der Waals surface area contributed by atoms with Crippen LogP contribution in [0.4, 0.5) is 24.9 Å². The second-order valence-corrected chi connectivity index (χ2v) is 9.33. The Bertz CT molecular complexity index is 1030. The van der Waals surface area contributed by atoms with Gasteiger partial charge < -0.3 is 15.7 Å². The predicted octanol–water partition coefficient (Wildman–Crippen LogP) is 6.00. The fourth-order valence-electron chi connectivity index (χ4n) is 4.12. The maximum Gasteiger partial charge on any atom is 0.405 e. The van der Waals surface area contributed by atoms with Crippen molar-refractivity contribution in [3.8, 4) is 10.6 Å². The minimum Gasteiger partial charge on any atom is -0.393 e. The molecule has 3 N–H and O–H groups in total. The van der Waals surface area contributed by atoms with Gasteiger partial charge in [-0.1, -0.05) is 32.1 Å². The first-order chi connectivity index (χ1) is 16.2. The summed E-state index contributed by atoms with van der Waals surface area (Å²) in [6, 6.07) is 0.0683. The molecule has 34 heavy (non-hydrogen) atoms. The first kappa shape index (κ1) is 26.2. The Hall–Kier alpha value is -2.46. The van der Waals surface area contributed by atoms with Crippen LogP contribution >= 0.6 is 11.3 Å². The van der Waals surface area contributed by atoms with Crippen LogP contribution in [-0.2, 0) is 6.42 Å². The van der Waals surface area contributed by atoms with Crippen molar-refractivity contribution in [1.29, 1.82) is 0 Å². The first-order valence-corrected chi connectivity index (χ1v) is 12.5. The average molecular weight is 496 g/mol. The molecule has 0 spiro atoms. The molecule has 10 heteroatoms.